The molecule has 74 valence electrons. The van der Waals surface area contributed by atoms with Crippen LogP contribution < -0.4 is 0 Å². The van der Waals surface area contributed by atoms with Crippen LogP contribution in [0.25, 0.3) is 0 Å². The molecule has 0 aromatic heterocycles. The molecule has 0 radical (unpaired) electrons. The molecule has 0 fully saturated rings. The van der Waals surface area contributed by atoms with Gasteiger partial charge in [0.25, 0.3) is 0 Å². The quantitative estimate of drug-likeness (QED) is 0.394. The van der Waals surface area contributed by atoms with Crippen LogP contribution in [0.15, 0.2) is 35.8 Å². The van der Waals surface area contributed by atoms with Gasteiger partial charge in [0.2, 0.25) is 0 Å². The molecule has 0 aromatic carbocycles. The standard InChI is InChI=1S/C10H16ClNO/c1-8(7-12(4)11)6-9(2)10(3)13-5/h6-7H,3H2,1-2,4-5H3/b8-7-,9-6+. The van der Waals surface area contributed by atoms with Crippen molar-refractivity contribution in [1.29, 1.82) is 0 Å². The Morgan fingerprint density at radius 1 is 1.46 bits per heavy atom. The minimum Gasteiger partial charge on any atom is -0.497 e. The van der Waals surface area contributed by atoms with Gasteiger partial charge in [-0.1, -0.05) is 12.7 Å². The molecule has 0 aromatic rings. The average molecular weight is 202 g/mol. The third-order valence-electron chi connectivity index (χ3n) is 1.51. The molecule has 0 heterocycles. The Kier molecular flexibility index (Phi) is 5.31. The summed E-state index contributed by atoms with van der Waals surface area (Å²) in [4.78, 5) is 0. The fraction of sp³-hybridized carbons (Fsp3) is 0.400. The first-order chi connectivity index (χ1) is 5.97. The van der Waals surface area contributed by atoms with Crippen LogP contribution in [0.3, 0.4) is 0 Å². The maximum Gasteiger partial charge on any atom is 0.114 e. The first-order valence-electron chi connectivity index (χ1n) is 3.96. The van der Waals surface area contributed by atoms with Gasteiger partial charge in [-0.05, 0) is 25.0 Å². The summed E-state index contributed by atoms with van der Waals surface area (Å²) < 4.78 is 6.46. The second kappa shape index (κ2) is 5.70. The van der Waals surface area contributed by atoms with Gasteiger partial charge in [-0.3, -0.25) is 4.42 Å². The Morgan fingerprint density at radius 2 is 2.00 bits per heavy atom. The maximum absolute atomic E-state index is 5.64. The van der Waals surface area contributed by atoms with Crippen LogP contribution in [0.4, 0.5) is 0 Å². The van der Waals surface area contributed by atoms with Crippen molar-refractivity contribution in [3.05, 3.63) is 35.8 Å². The van der Waals surface area contributed by atoms with Crippen molar-refractivity contribution in [3.8, 4) is 0 Å². The van der Waals surface area contributed by atoms with Gasteiger partial charge < -0.3 is 4.74 Å². The normalized spacial score (nSPS) is 12.7. The number of nitrogens with zero attached hydrogens (tertiary/aromatic N) is 1. The minimum atomic E-state index is 0.671. The fourth-order valence-corrected chi connectivity index (χ4v) is 1.05. The SMILES string of the molecule is C=C(OC)/C(C)=C/C(C)=C\N(C)Cl. The lowest BCUT2D eigenvalue weighted by atomic mass is 10.2. The molecular weight excluding hydrogens is 186 g/mol. The minimum absolute atomic E-state index is 0.671. The van der Waals surface area contributed by atoms with E-state index in [-0.39, 0.29) is 0 Å². The Balaban J connectivity index is 4.47. The van der Waals surface area contributed by atoms with Crippen LogP contribution in [0, 0.1) is 0 Å². The summed E-state index contributed by atoms with van der Waals surface area (Å²) in [6.45, 7) is 7.65. The van der Waals surface area contributed by atoms with Crippen molar-refractivity contribution in [1.82, 2.24) is 4.42 Å². The van der Waals surface area contributed by atoms with Crippen molar-refractivity contribution >= 4 is 11.8 Å². The largest absolute Gasteiger partial charge is 0.497 e. The first-order valence-corrected chi connectivity index (χ1v) is 4.29. The Morgan fingerprint density at radius 3 is 2.38 bits per heavy atom. The van der Waals surface area contributed by atoms with Crippen LogP contribution in [0.1, 0.15) is 13.8 Å². The lowest BCUT2D eigenvalue weighted by molar-refractivity contribution is 0.303. The lowest BCUT2D eigenvalue weighted by Gasteiger charge is -2.05. The van der Waals surface area contributed by atoms with Gasteiger partial charge >= 0.3 is 0 Å². The van der Waals surface area contributed by atoms with E-state index in [0.29, 0.717) is 5.76 Å². The molecule has 0 aliphatic heterocycles. The highest BCUT2D eigenvalue weighted by atomic mass is 35.5. The molecule has 0 amide bonds. The van der Waals surface area contributed by atoms with Gasteiger partial charge in [0.05, 0.1) is 7.11 Å². The van der Waals surface area contributed by atoms with E-state index in [2.05, 4.69) is 6.58 Å². The molecular formula is C10H16ClNO. The molecule has 0 N–H and O–H groups in total. The Labute approximate surface area is 85.2 Å². The van der Waals surface area contributed by atoms with Crippen molar-refractivity contribution in [2.24, 2.45) is 0 Å². The summed E-state index contributed by atoms with van der Waals surface area (Å²) in [6.07, 6.45) is 3.78. The number of halogens is 1. The summed E-state index contributed by atoms with van der Waals surface area (Å²) in [5.41, 5.74) is 2.04. The third kappa shape index (κ3) is 5.36. The molecule has 0 unspecified atom stereocenters. The Bertz CT molecular complexity index is 241. The molecule has 3 heteroatoms. The zero-order chi connectivity index (χ0) is 10.4. The second-order valence-corrected chi connectivity index (χ2v) is 3.39. The third-order valence-corrected chi connectivity index (χ3v) is 1.61. The summed E-state index contributed by atoms with van der Waals surface area (Å²) in [7, 11) is 3.37. The highest BCUT2D eigenvalue weighted by Gasteiger charge is 1.95. The van der Waals surface area contributed by atoms with Crippen molar-refractivity contribution in [2.75, 3.05) is 14.2 Å². The summed E-state index contributed by atoms with van der Waals surface area (Å²) >= 11 is 5.64. The molecule has 0 bridgehead atoms. The molecule has 0 aliphatic carbocycles. The molecule has 0 spiro atoms. The van der Waals surface area contributed by atoms with Gasteiger partial charge in [-0.15, -0.1) is 0 Å². The number of methoxy groups -OCH3 is 1. The summed E-state index contributed by atoms with van der Waals surface area (Å²) in [5, 5.41) is 0. The van der Waals surface area contributed by atoms with Crippen LogP contribution in [-0.4, -0.2) is 18.6 Å². The number of allylic oxidation sites excluding steroid dienone is 3. The van der Waals surface area contributed by atoms with Crippen LogP contribution in [0.5, 0.6) is 0 Å². The topological polar surface area (TPSA) is 12.5 Å². The second-order valence-electron chi connectivity index (χ2n) is 2.85. The number of rotatable bonds is 4. The van der Waals surface area contributed by atoms with E-state index in [4.69, 9.17) is 16.5 Å². The van der Waals surface area contributed by atoms with E-state index in [1.807, 2.05) is 26.1 Å². The van der Waals surface area contributed by atoms with Crippen molar-refractivity contribution in [3.63, 3.8) is 0 Å². The van der Waals surface area contributed by atoms with E-state index in [1.165, 1.54) is 4.42 Å². The highest BCUT2D eigenvalue weighted by molar-refractivity contribution is 6.13. The van der Waals surface area contributed by atoms with E-state index in [9.17, 15) is 0 Å². The maximum atomic E-state index is 5.64. The molecule has 13 heavy (non-hydrogen) atoms. The van der Waals surface area contributed by atoms with Gasteiger partial charge in [-0.25, -0.2) is 0 Å². The van der Waals surface area contributed by atoms with Crippen LogP contribution in [0.2, 0.25) is 0 Å². The van der Waals surface area contributed by atoms with Crippen molar-refractivity contribution < 1.29 is 4.74 Å². The summed E-state index contributed by atoms with van der Waals surface area (Å²) in [5.74, 6) is 0.671. The molecule has 2 nitrogen and oxygen atoms in total. The van der Waals surface area contributed by atoms with Crippen LogP contribution >= 0.6 is 11.8 Å². The molecule has 0 saturated carbocycles. The van der Waals surface area contributed by atoms with E-state index in [0.717, 1.165) is 11.1 Å². The van der Waals surface area contributed by atoms with E-state index in [1.54, 1.807) is 14.2 Å². The zero-order valence-electron chi connectivity index (χ0n) is 8.60. The molecule has 0 aliphatic rings. The van der Waals surface area contributed by atoms with E-state index < -0.39 is 0 Å². The zero-order valence-corrected chi connectivity index (χ0v) is 9.35. The monoisotopic (exact) mass is 201 g/mol. The predicted octanol–water partition coefficient (Wildman–Crippen LogP) is 3.08. The molecule has 0 rings (SSSR count). The molecule has 0 saturated heterocycles. The van der Waals surface area contributed by atoms with Crippen LogP contribution in [-0.2, 0) is 4.74 Å². The first kappa shape index (κ1) is 12.1. The number of hydrogen-bond donors (Lipinski definition) is 0. The fourth-order valence-electron chi connectivity index (χ4n) is 0.901. The van der Waals surface area contributed by atoms with E-state index >= 15 is 0 Å². The van der Waals surface area contributed by atoms with Gasteiger partial charge in [-0.2, -0.15) is 0 Å². The molecule has 0 atom stereocenters. The lowest BCUT2D eigenvalue weighted by Crippen LogP contribution is -1.93. The highest BCUT2D eigenvalue weighted by Crippen LogP contribution is 2.11. The smallest absolute Gasteiger partial charge is 0.114 e. The number of hydrogen-bond acceptors (Lipinski definition) is 2. The summed E-state index contributed by atoms with van der Waals surface area (Å²) in [6, 6.07) is 0. The average Bonchev–Trinajstić information content (AvgIpc) is 2.01. The van der Waals surface area contributed by atoms with Gasteiger partial charge in [0, 0.05) is 25.0 Å². The number of ether oxygens (including phenoxy) is 1. The predicted molar refractivity (Wildman–Crippen MR) is 57.3 cm³/mol. The Hall–Kier alpha value is -0.890. The van der Waals surface area contributed by atoms with Gasteiger partial charge in [0.1, 0.15) is 5.76 Å². The van der Waals surface area contributed by atoms with Crippen molar-refractivity contribution in [2.45, 2.75) is 13.8 Å². The van der Waals surface area contributed by atoms with Gasteiger partial charge in [0.15, 0.2) is 0 Å².